The minimum Gasteiger partial charge on any atom is -0.465 e. The second-order valence-electron chi connectivity index (χ2n) is 4.10. The number of hydrogen-bond donors (Lipinski definition) is 1. The van der Waals surface area contributed by atoms with Crippen LogP contribution in [0.1, 0.15) is 27.7 Å². The molecule has 0 aliphatic rings. The Bertz CT molecular complexity index is 183. The Morgan fingerprint density at radius 1 is 1.33 bits per heavy atom. The Kier molecular flexibility index (Phi) is 7.34. The highest BCUT2D eigenvalue weighted by Gasteiger charge is 2.18. The lowest BCUT2D eigenvalue weighted by Crippen LogP contribution is -2.44. The van der Waals surface area contributed by atoms with Crippen LogP contribution in [0.4, 0.5) is 0 Å². The Hall–Kier alpha value is -0.610. The number of ether oxygens (including phenoxy) is 1. The molecule has 0 saturated heterocycles. The molecule has 0 bridgehead atoms. The van der Waals surface area contributed by atoms with Gasteiger partial charge in [-0.25, -0.2) is 0 Å². The van der Waals surface area contributed by atoms with Crippen LogP contribution < -0.4 is 5.73 Å². The largest absolute Gasteiger partial charge is 0.465 e. The molecule has 4 nitrogen and oxygen atoms in total. The maximum absolute atomic E-state index is 11.3. The number of likely N-dealkylation sites (N-methyl/N-ethyl adjacent to an activating group) is 1. The van der Waals surface area contributed by atoms with Gasteiger partial charge in [0.15, 0.2) is 0 Å². The van der Waals surface area contributed by atoms with E-state index in [-0.39, 0.29) is 5.97 Å². The second kappa shape index (κ2) is 7.65. The molecular formula is C11H24N2O2. The van der Waals surface area contributed by atoms with Crippen molar-refractivity contribution in [3.63, 3.8) is 0 Å². The highest BCUT2D eigenvalue weighted by molar-refractivity contribution is 5.75. The summed E-state index contributed by atoms with van der Waals surface area (Å²) in [6, 6.07) is -0.524. The molecule has 0 saturated carbocycles. The molecular weight excluding hydrogens is 192 g/mol. The number of nitrogens with zero attached hydrogens (tertiary/aromatic N) is 1. The summed E-state index contributed by atoms with van der Waals surface area (Å²) in [5, 5.41) is 0. The Morgan fingerprint density at radius 2 is 1.93 bits per heavy atom. The van der Waals surface area contributed by atoms with Crippen molar-refractivity contribution >= 4 is 5.97 Å². The average molecular weight is 216 g/mol. The van der Waals surface area contributed by atoms with E-state index in [0.29, 0.717) is 19.1 Å². The predicted octanol–water partition coefficient (Wildman–Crippen LogP) is 0.855. The molecule has 0 aromatic heterocycles. The van der Waals surface area contributed by atoms with E-state index in [1.807, 2.05) is 0 Å². The zero-order valence-electron chi connectivity index (χ0n) is 10.3. The van der Waals surface area contributed by atoms with Gasteiger partial charge in [0.25, 0.3) is 0 Å². The fourth-order valence-corrected chi connectivity index (χ4v) is 1.45. The predicted molar refractivity (Wildman–Crippen MR) is 61.6 cm³/mol. The molecule has 0 aliphatic carbocycles. The topological polar surface area (TPSA) is 55.6 Å². The van der Waals surface area contributed by atoms with Crippen molar-refractivity contribution < 1.29 is 9.53 Å². The van der Waals surface area contributed by atoms with Gasteiger partial charge in [-0.05, 0) is 19.4 Å². The van der Waals surface area contributed by atoms with Crippen LogP contribution in [0.5, 0.6) is 0 Å². The highest BCUT2D eigenvalue weighted by Crippen LogP contribution is 2.00. The van der Waals surface area contributed by atoms with Crippen LogP contribution in [-0.4, -0.2) is 43.2 Å². The monoisotopic (exact) mass is 216 g/mol. The first kappa shape index (κ1) is 14.4. The van der Waals surface area contributed by atoms with Crippen molar-refractivity contribution in [2.75, 3.05) is 26.2 Å². The first-order chi connectivity index (χ1) is 7.01. The van der Waals surface area contributed by atoms with Gasteiger partial charge in [0.2, 0.25) is 0 Å². The number of carbonyl (C=O) groups excluding carboxylic acids is 1. The van der Waals surface area contributed by atoms with Gasteiger partial charge in [-0.2, -0.15) is 0 Å². The molecule has 0 aliphatic heterocycles. The maximum Gasteiger partial charge on any atom is 0.324 e. The second-order valence-corrected chi connectivity index (χ2v) is 4.10. The zero-order chi connectivity index (χ0) is 11.8. The summed E-state index contributed by atoms with van der Waals surface area (Å²) in [4.78, 5) is 13.5. The number of carbonyl (C=O) groups is 1. The quantitative estimate of drug-likeness (QED) is 0.641. The first-order valence-electron chi connectivity index (χ1n) is 5.65. The van der Waals surface area contributed by atoms with Crippen LogP contribution in [0.2, 0.25) is 0 Å². The number of rotatable bonds is 7. The smallest absolute Gasteiger partial charge is 0.324 e. The maximum atomic E-state index is 11.3. The van der Waals surface area contributed by atoms with Crippen LogP contribution >= 0.6 is 0 Å². The van der Waals surface area contributed by atoms with Crippen LogP contribution in [0, 0.1) is 5.92 Å². The molecule has 15 heavy (non-hydrogen) atoms. The van der Waals surface area contributed by atoms with Gasteiger partial charge < -0.3 is 15.4 Å². The van der Waals surface area contributed by atoms with Gasteiger partial charge in [0.05, 0.1) is 6.61 Å². The van der Waals surface area contributed by atoms with E-state index in [2.05, 4.69) is 25.7 Å². The minimum atomic E-state index is -0.524. The lowest BCUT2D eigenvalue weighted by atomic mass is 10.2. The third-order valence-corrected chi connectivity index (χ3v) is 2.11. The van der Waals surface area contributed by atoms with Crippen LogP contribution in [0.15, 0.2) is 0 Å². The van der Waals surface area contributed by atoms with Gasteiger partial charge >= 0.3 is 5.97 Å². The van der Waals surface area contributed by atoms with Crippen LogP contribution in [-0.2, 0) is 9.53 Å². The van der Waals surface area contributed by atoms with Crippen molar-refractivity contribution in [3.05, 3.63) is 0 Å². The van der Waals surface area contributed by atoms with E-state index >= 15 is 0 Å². The number of nitrogens with two attached hydrogens (primary N) is 1. The van der Waals surface area contributed by atoms with Crippen molar-refractivity contribution in [2.45, 2.75) is 33.7 Å². The highest BCUT2D eigenvalue weighted by atomic mass is 16.5. The summed E-state index contributed by atoms with van der Waals surface area (Å²) in [6.07, 6.45) is 0. The Morgan fingerprint density at radius 3 is 2.33 bits per heavy atom. The summed E-state index contributed by atoms with van der Waals surface area (Å²) in [6.45, 7) is 11.0. The molecule has 0 spiro atoms. The number of esters is 1. The van der Waals surface area contributed by atoms with Crippen LogP contribution in [0.3, 0.4) is 0 Å². The molecule has 0 aromatic rings. The average Bonchev–Trinajstić information content (AvgIpc) is 2.16. The minimum absolute atomic E-state index is 0.306. The van der Waals surface area contributed by atoms with E-state index in [9.17, 15) is 4.79 Å². The fourth-order valence-electron chi connectivity index (χ4n) is 1.45. The third-order valence-electron chi connectivity index (χ3n) is 2.11. The van der Waals surface area contributed by atoms with Gasteiger partial charge in [-0.15, -0.1) is 0 Å². The van der Waals surface area contributed by atoms with E-state index < -0.39 is 6.04 Å². The molecule has 90 valence electrons. The van der Waals surface area contributed by atoms with Crippen molar-refractivity contribution in [1.29, 1.82) is 0 Å². The summed E-state index contributed by atoms with van der Waals surface area (Å²) in [5.41, 5.74) is 5.74. The molecule has 1 unspecified atom stereocenters. The van der Waals surface area contributed by atoms with Gasteiger partial charge in [-0.3, -0.25) is 4.79 Å². The molecule has 0 fully saturated rings. The van der Waals surface area contributed by atoms with Gasteiger partial charge in [-0.1, -0.05) is 20.8 Å². The third kappa shape index (κ3) is 6.47. The summed E-state index contributed by atoms with van der Waals surface area (Å²) < 4.78 is 4.86. The molecule has 0 heterocycles. The summed E-state index contributed by atoms with van der Waals surface area (Å²) in [7, 11) is 0. The van der Waals surface area contributed by atoms with Crippen molar-refractivity contribution in [2.24, 2.45) is 11.7 Å². The summed E-state index contributed by atoms with van der Waals surface area (Å²) >= 11 is 0. The van der Waals surface area contributed by atoms with E-state index in [0.717, 1.165) is 13.1 Å². The summed E-state index contributed by atoms with van der Waals surface area (Å²) in [5.74, 6) is 0.277. The molecule has 0 amide bonds. The lowest BCUT2D eigenvalue weighted by Gasteiger charge is -2.24. The lowest BCUT2D eigenvalue weighted by molar-refractivity contribution is -0.145. The normalized spacial score (nSPS) is 13.3. The first-order valence-corrected chi connectivity index (χ1v) is 5.65. The molecule has 1 atom stereocenters. The van der Waals surface area contributed by atoms with E-state index in [1.54, 1.807) is 6.92 Å². The molecule has 4 heteroatoms. The standard InChI is InChI=1S/C11H24N2O2/c1-5-13(7-9(3)4)8-10(12)11(14)15-6-2/h9-10H,5-8,12H2,1-4H3. The molecule has 0 rings (SSSR count). The zero-order valence-corrected chi connectivity index (χ0v) is 10.3. The Balaban J connectivity index is 3.99. The van der Waals surface area contributed by atoms with E-state index in [4.69, 9.17) is 10.5 Å². The van der Waals surface area contributed by atoms with Crippen molar-refractivity contribution in [1.82, 2.24) is 4.90 Å². The van der Waals surface area contributed by atoms with Crippen LogP contribution in [0.25, 0.3) is 0 Å². The number of hydrogen-bond acceptors (Lipinski definition) is 4. The SMILES string of the molecule is CCOC(=O)C(N)CN(CC)CC(C)C. The molecule has 2 N–H and O–H groups in total. The van der Waals surface area contributed by atoms with Gasteiger partial charge in [0.1, 0.15) is 6.04 Å². The molecule has 0 radical (unpaired) electrons. The Labute approximate surface area is 92.8 Å². The molecule has 0 aromatic carbocycles. The van der Waals surface area contributed by atoms with Crippen molar-refractivity contribution in [3.8, 4) is 0 Å². The fraction of sp³-hybridized carbons (Fsp3) is 0.909. The van der Waals surface area contributed by atoms with E-state index in [1.165, 1.54) is 0 Å². The van der Waals surface area contributed by atoms with Gasteiger partial charge in [0, 0.05) is 13.1 Å².